The highest BCUT2D eigenvalue weighted by atomic mass is 35.5. The van der Waals surface area contributed by atoms with Gasteiger partial charge < -0.3 is 10.6 Å². The zero-order valence-corrected chi connectivity index (χ0v) is 17.0. The van der Waals surface area contributed by atoms with Crippen molar-refractivity contribution >= 4 is 23.5 Å². The standard InChI is InChI=1S/C13H19N3O2.C8H11Cl/c1-9(2)5-3-4-8-16-12(17)11-10(6-7-14-11)15-13(16)18;1-2-7-3-5-8(9)6-4-7/h6-7,10-11,14H,1,3-5,8H2,2H3,(H,15,18);3-5,8H,2,6H2,1H3. The number of unbranched alkanes of at least 4 members (excludes halogenated alkanes) is 1. The summed E-state index contributed by atoms with van der Waals surface area (Å²) in [6.07, 6.45) is 14.7. The average molecular weight is 392 g/mol. The highest BCUT2D eigenvalue weighted by molar-refractivity contribution is 6.22. The van der Waals surface area contributed by atoms with E-state index in [2.05, 4.69) is 42.4 Å². The molecule has 0 aromatic rings. The quantitative estimate of drug-likeness (QED) is 0.408. The van der Waals surface area contributed by atoms with Gasteiger partial charge in [0.2, 0.25) is 0 Å². The van der Waals surface area contributed by atoms with E-state index in [4.69, 9.17) is 11.6 Å². The molecule has 2 N–H and O–H groups in total. The molecule has 0 spiro atoms. The van der Waals surface area contributed by atoms with E-state index >= 15 is 0 Å². The van der Waals surface area contributed by atoms with Crippen LogP contribution in [0.5, 0.6) is 0 Å². The van der Waals surface area contributed by atoms with Crippen LogP contribution in [-0.4, -0.2) is 40.8 Å². The molecular formula is C21H30ClN3O2. The first-order chi connectivity index (χ1) is 12.9. The minimum absolute atomic E-state index is 0.135. The van der Waals surface area contributed by atoms with Gasteiger partial charge in [-0.2, -0.15) is 0 Å². The number of hydrogen-bond donors (Lipinski definition) is 2. The van der Waals surface area contributed by atoms with Crippen LogP contribution in [-0.2, 0) is 4.79 Å². The van der Waals surface area contributed by atoms with Crippen molar-refractivity contribution in [1.29, 1.82) is 0 Å². The molecule has 3 unspecified atom stereocenters. The van der Waals surface area contributed by atoms with Crippen LogP contribution in [0, 0.1) is 0 Å². The number of rotatable bonds is 6. The summed E-state index contributed by atoms with van der Waals surface area (Å²) < 4.78 is 0. The van der Waals surface area contributed by atoms with Gasteiger partial charge >= 0.3 is 6.03 Å². The van der Waals surface area contributed by atoms with Crippen LogP contribution < -0.4 is 10.6 Å². The summed E-state index contributed by atoms with van der Waals surface area (Å²) in [5.74, 6) is -0.135. The molecular weight excluding hydrogens is 362 g/mol. The Morgan fingerprint density at radius 2 is 2.11 bits per heavy atom. The predicted octanol–water partition coefficient (Wildman–Crippen LogP) is 4.03. The Morgan fingerprint density at radius 1 is 1.33 bits per heavy atom. The third kappa shape index (κ3) is 6.28. The number of carbonyl (C=O) groups excluding carboxylic acids is 2. The fraction of sp³-hybridized carbons (Fsp3) is 0.524. The Labute approximate surface area is 167 Å². The third-order valence-electron chi connectivity index (χ3n) is 4.77. The van der Waals surface area contributed by atoms with E-state index in [1.165, 1.54) is 10.5 Å². The number of amides is 3. The lowest BCUT2D eigenvalue weighted by molar-refractivity contribution is -0.131. The number of allylic oxidation sites excluding steroid dienone is 5. The van der Waals surface area contributed by atoms with Gasteiger partial charge in [0, 0.05) is 6.54 Å². The molecule has 3 amide bonds. The van der Waals surface area contributed by atoms with E-state index in [-0.39, 0.29) is 29.4 Å². The molecule has 27 heavy (non-hydrogen) atoms. The molecule has 3 aliphatic rings. The second kappa shape index (κ2) is 10.4. The van der Waals surface area contributed by atoms with Crippen molar-refractivity contribution in [3.8, 4) is 0 Å². The summed E-state index contributed by atoms with van der Waals surface area (Å²) in [5.41, 5.74) is 2.54. The molecule has 5 nitrogen and oxygen atoms in total. The van der Waals surface area contributed by atoms with Crippen molar-refractivity contribution in [2.45, 2.75) is 63.4 Å². The van der Waals surface area contributed by atoms with E-state index in [0.29, 0.717) is 6.54 Å². The van der Waals surface area contributed by atoms with E-state index < -0.39 is 0 Å². The predicted molar refractivity (Wildman–Crippen MR) is 111 cm³/mol. The largest absolute Gasteiger partial charge is 0.378 e. The first-order valence-corrected chi connectivity index (χ1v) is 10.1. The minimum Gasteiger partial charge on any atom is -0.378 e. The van der Waals surface area contributed by atoms with Crippen LogP contribution in [0.15, 0.2) is 48.2 Å². The number of nitrogens with one attached hydrogen (secondary N) is 2. The van der Waals surface area contributed by atoms with Crippen molar-refractivity contribution in [1.82, 2.24) is 15.5 Å². The molecule has 0 saturated carbocycles. The Balaban J connectivity index is 0.000000244. The second-order valence-corrected chi connectivity index (χ2v) is 7.69. The van der Waals surface area contributed by atoms with Gasteiger partial charge in [-0.05, 0) is 51.3 Å². The van der Waals surface area contributed by atoms with Crippen LogP contribution in [0.3, 0.4) is 0 Å². The molecule has 0 radical (unpaired) electrons. The van der Waals surface area contributed by atoms with Gasteiger partial charge in [0.05, 0.1) is 11.4 Å². The fourth-order valence-corrected chi connectivity index (χ4v) is 3.29. The van der Waals surface area contributed by atoms with Gasteiger partial charge in [0.1, 0.15) is 6.04 Å². The van der Waals surface area contributed by atoms with Crippen LogP contribution in [0.4, 0.5) is 4.79 Å². The summed E-state index contributed by atoms with van der Waals surface area (Å²) in [4.78, 5) is 25.2. The maximum Gasteiger partial charge on any atom is 0.324 e. The Hall–Kier alpha value is -2.01. The molecule has 0 aromatic carbocycles. The number of alkyl halides is 1. The summed E-state index contributed by atoms with van der Waals surface area (Å²) in [6, 6.07) is -0.814. The normalized spacial score (nSPS) is 25.8. The zero-order chi connectivity index (χ0) is 19.8. The topological polar surface area (TPSA) is 61.4 Å². The lowest BCUT2D eigenvalue weighted by atomic mass is 10.1. The van der Waals surface area contributed by atoms with Gasteiger partial charge in [0.15, 0.2) is 0 Å². The Morgan fingerprint density at radius 3 is 2.74 bits per heavy atom. The number of fused-ring (bicyclic) bond motifs is 1. The molecule has 148 valence electrons. The molecule has 3 atom stereocenters. The van der Waals surface area contributed by atoms with Gasteiger partial charge in [-0.25, -0.2) is 4.79 Å². The molecule has 0 bridgehead atoms. The third-order valence-corrected chi connectivity index (χ3v) is 5.10. The number of imide groups is 1. The molecule has 1 fully saturated rings. The number of halogens is 1. The van der Waals surface area contributed by atoms with Gasteiger partial charge in [0.25, 0.3) is 5.91 Å². The van der Waals surface area contributed by atoms with Crippen molar-refractivity contribution in [3.63, 3.8) is 0 Å². The van der Waals surface area contributed by atoms with Gasteiger partial charge in [-0.1, -0.05) is 36.3 Å². The van der Waals surface area contributed by atoms with Crippen molar-refractivity contribution in [2.75, 3.05) is 6.54 Å². The van der Waals surface area contributed by atoms with Crippen molar-refractivity contribution in [2.24, 2.45) is 0 Å². The zero-order valence-electron chi connectivity index (χ0n) is 16.2. The maximum atomic E-state index is 12.1. The fourth-order valence-electron chi connectivity index (χ4n) is 3.13. The van der Waals surface area contributed by atoms with Crippen LogP contribution in [0.25, 0.3) is 0 Å². The summed E-state index contributed by atoms with van der Waals surface area (Å²) in [6.45, 7) is 8.45. The Bertz CT molecular complexity index is 654. The highest BCUT2D eigenvalue weighted by Crippen LogP contribution is 2.17. The summed E-state index contributed by atoms with van der Waals surface area (Å²) >= 11 is 5.81. The first kappa shape index (κ1) is 21.3. The molecule has 2 aliphatic heterocycles. The second-order valence-electron chi connectivity index (χ2n) is 7.13. The van der Waals surface area contributed by atoms with Crippen LogP contribution >= 0.6 is 11.6 Å². The smallest absolute Gasteiger partial charge is 0.324 e. The van der Waals surface area contributed by atoms with Crippen molar-refractivity contribution in [3.05, 3.63) is 48.2 Å². The molecule has 6 heteroatoms. The summed E-state index contributed by atoms with van der Waals surface area (Å²) in [5, 5.41) is 6.01. The average Bonchev–Trinajstić information content (AvgIpc) is 3.10. The molecule has 0 aromatic heterocycles. The van der Waals surface area contributed by atoms with E-state index in [0.717, 1.165) is 37.7 Å². The van der Waals surface area contributed by atoms with Crippen LogP contribution in [0.2, 0.25) is 0 Å². The van der Waals surface area contributed by atoms with Crippen molar-refractivity contribution < 1.29 is 9.59 Å². The monoisotopic (exact) mass is 391 g/mol. The minimum atomic E-state index is -0.330. The SMILES string of the molecule is C=C(C)CCCCN1C(=O)NC2C=CNC2C1=O.CCC1=CCC(Cl)C=C1. The molecule has 1 aliphatic carbocycles. The lowest BCUT2D eigenvalue weighted by Gasteiger charge is -2.33. The molecule has 3 rings (SSSR count). The number of carbonyl (C=O) groups is 2. The lowest BCUT2D eigenvalue weighted by Crippen LogP contribution is -2.63. The van der Waals surface area contributed by atoms with Gasteiger partial charge in [-0.15, -0.1) is 18.2 Å². The number of nitrogens with zero attached hydrogens (tertiary/aromatic N) is 1. The molecule has 2 heterocycles. The number of urea groups is 1. The highest BCUT2D eigenvalue weighted by Gasteiger charge is 2.41. The first-order valence-electron chi connectivity index (χ1n) is 9.62. The summed E-state index contributed by atoms with van der Waals surface area (Å²) in [7, 11) is 0. The van der Waals surface area contributed by atoms with E-state index in [1.807, 2.05) is 6.92 Å². The number of hydrogen-bond acceptors (Lipinski definition) is 3. The van der Waals surface area contributed by atoms with Gasteiger partial charge in [-0.3, -0.25) is 9.69 Å². The maximum absolute atomic E-state index is 12.1. The Kier molecular flexibility index (Phi) is 8.17. The van der Waals surface area contributed by atoms with Crippen LogP contribution in [0.1, 0.15) is 46.0 Å². The van der Waals surface area contributed by atoms with E-state index in [9.17, 15) is 9.59 Å². The van der Waals surface area contributed by atoms with E-state index in [1.54, 1.807) is 12.3 Å². The molecule has 1 saturated heterocycles.